The molecule has 1 fully saturated rings. The van der Waals surface area contributed by atoms with Crippen molar-refractivity contribution in [3.63, 3.8) is 0 Å². The van der Waals surface area contributed by atoms with Crippen molar-refractivity contribution in [2.24, 2.45) is 0 Å². The van der Waals surface area contributed by atoms with Crippen molar-refractivity contribution in [2.45, 2.75) is 19.3 Å². The summed E-state index contributed by atoms with van der Waals surface area (Å²) in [6, 6.07) is 9.33. The predicted octanol–water partition coefficient (Wildman–Crippen LogP) is 2.23. The molecule has 2 aromatic rings. The summed E-state index contributed by atoms with van der Waals surface area (Å²) in [5.74, 6) is 0. The summed E-state index contributed by atoms with van der Waals surface area (Å²) in [4.78, 5) is 14.5. The summed E-state index contributed by atoms with van der Waals surface area (Å²) in [7, 11) is 0. The van der Waals surface area contributed by atoms with E-state index in [2.05, 4.69) is 10.00 Å². The average Bonchev–Trinajstić information content (AvgIpc) is 2.52. The molecular formula is C15H19ClN4O. The molecule has 2 heterocycles. The Morgan fingerprint density at radius 1 is 1.05 bits per heavy atom. The molecule has 1 aliphatic rings. The molecule has 0 spiro atoms. The van der Waals surface area contributed by atoms with Crippen LogP contribution in [0.2, 0.25) is 0 Å². The van der Waals surface area contributed by atoms with Crippen molar-refractivity contribution in [3.05, 3.63) is 46.9 Å². The number of anilines is 2. The Morgan fingerprint density at radius 2 is 1.71 bits per heavy atom. The van der Waals surface area contributed by atoms with E-state index < -0.39 is 0 Å². The third-order valence-electron chi connectivity index (χ3n) is 3.69. The Labute approximate surface area is 129 Å². The number of nitrogens with two attached hydrogens (primary N) is 1. The first kappa shape index (κ1) is 15.4. The fraction of sp³-hybridized carbons (Fsp3) is 0.333. The highest BCUT2D eigenvalue weighted by Gasteiger charge is 2.17. The largest absolute Gasteiger partial charge is 0.392 e. The molecule has 1 aromatic heterocycles. The Balaban J connectivity index is 0.00000161. The van der Waals surface area contributed by atoms with Gasteiger partial charge in [0.2, 0.25) is 0 Å². The monoisotopic (exact) mass is 306 g/mol. The summed E-state index contributed by atoms with van der Waals surface area (Å²) < 4.78 is 1.35. The zero-order chi connectivity index (χ0) is 13.9. The van der Waals surface area contributed by atoms with Crippen LogP contribution in [0.15, 0.2) is 41.3 Å². The average molecular weight is 307 g/mol. The van der Waals surface area contributed by atoms with Crippen LogP contribution >= 0.6 is 12.4 Å². The number of rotatable bonds is 2. The number of nitrogen functional groups attached to an aromatic ring is 1. The van der Waals surface area contributed by atoms with Crippen LogP contribution in [0.4, 0.5) is 11.4 Å². The molecule has 1 saturated heterocycles. The number of nitrogens with zero attached hydrogens (tertiary/aromatic N) is 3. The molecule has 6 heteroatoms. The Morgan fingerprint density at radius 3 is 2.38 bits per heavy atom. The van der Waals surface area contributed by atoms with Gasteiger partial charge in [0.25, 0.3) is 5.56 Å². The Hall–Kier alpha value is -2.01. The molecule has 3 rings (SSSR count). The van der Waals surface area contributed by atoms with Gasteiger partial charge in [-0.1, -0.05) is 18.2 Å². The second kappa shape index (κ2) is 6.63. The summed E-state index contributed by atoms with van der Waals surface area (Å²) >= 11 is 0. The molecule has 21 heavy (non-hydrogen) atoms. The van der Waals surface area contributed by atoms with Crippen LogP contribution in [0.25, 0.3) is 5.69 Å². The second-order valence-corrected chi connectivity index (χ2v) is 5.04. The maximum atomic E-state index is 12.4. The van der Waals surface area contributed by atoms with Crippen molar-refractivity contribution in [1.29, 1.82) is 0 Å². The van der Waals surface area contributed by atoms with E-state index in [1.807, 2.05) is 30.3 Å². The molecule has 1 aromatic carbocycles. The van der Waals surface area contributed by atoms with E-state index in [4.69, 9.17) is 5.73 Å². The Kier molecular flexibility index (Phi) is 4.85. The first-order chi connectivity index (χ1) is 9.77. The van der Waals surface area contributed by atoms with Crippen LogP contribution in [-0.2, 0) is 0 Å². The molecule has 0 bridgehead atoms. The van der Waals surface area contributed by atoms with Gasteiger partial charge >= 0.3 is 0 Å². The van der Waals surface area contributed by atoms with Crippen molar-refractivity contribution in [2.75, 3.05) is 23.7 Å². The summed E-state index contributed by atoms with van der Waals surface area (Å²) in [6.45, 7) is 1.89. The van der Waals surface area contributed by atoms with Gasteiger partial charge in [0, 0.05) is 13.1 Å². The molecule has 0 saturated carbocycles. The van der Waals surface area contributed by atoms with Crippen molar-refractivity contribution < 1.29 is 0 Å². The van der Waals surface area contributed by atoms with Crippen LogP contribution in [0.1, 0.15) is 19.3 Å². The minimum Gasteiger partial charge on any atom is -0.392 e. The summed E-state index contributed by atoms with van der Waals surface area (Å²) in [6.07, 6.45) is 5.22. The third kappa shape index (κ3) is 3.03. The smallest absolute Gasteiger partial charge is 0.296 e. The number of benzene rings is 1. The van der Waals surface area contributed by atoms with Gasteiger partial charge < -0.3 is 10.6 Å². The topological polar surface area (TPSA) is 64.2 Å². The first-order valence-electron chi connectivity index (χ1n) is 6.95. The van der Waals surface area contributed by atoms with E-state index >= 15 is 0 Å². The molecule has 0 unspecified atom stereocenters. The molecule has 0 aliphatic carbocycles. The van der Waals surface area contributed by atoms with Gasteiger partial charge in [0.15, 0.2) is 0 Å². The molecule has 1 aliphatic heterocycles. The van der Waals surface area contributed by atoms with Crippen LogP contribution in [0.5, 0.6) is 0 Å². The van der Waals surface area contributed by atoms with E-state index in [0.29, 0.717) is 0 Å². The maximum absolute atomic E-state index is 12.4. The van der Waals surface area contributed by atoms with Gasteiger partial charge in [-0.2, -0.15) is 9.78 Å². The lowest BCUT2D eigenvalue weighted by molar-refractivity contribution is 0.576. The fourth-order valence-electron chi connectivity index (χ4n) is 2.60. The van der Waals surface area contributed by atoms with Crippen LogP contribution in [0.3, 0.4) is 0 Å². The highest BCUT2D eigenvalue weighted by Crippen LogP contribution is 2.22. The minimum absolute atomic E-state index is 0. The van der Waals surface area contributed by atoms with Gasteiger partial charge in [0.1, 0.15) is 5.69 Å². The third-order valence-corrected chi connectivity index (χ3v) is 3.69. The predicted molar refractivity (Wildman–Crippen MR) is 87.6 cm³/mol. The number of piperidine rings is 1. The van der Waals surface area contributed by atoms with E-state index in [1.54, 1.807) is 6.20 Å². The van der Waals surface area contributed by atoms with Gasteiger partial charge in [-0.15, -0.1) is 12.4 Å². The molecule has 112 valence electrons. The number of para-hydroxylation sites is 1. The van der Waals surface area contributed by atoms with Crippen molar-refractivity contribution >= 4 is 23.8 Å². The molecule has 2 N–H and O–H groups in total. The van der Waals surface area contributed by atoms with Crippen molar-refractivity contribution in [1.82, 2.24) is 9.78 Å². The van der Waals surface area contributed by atoms with Gasteiger partial charge in [-0.05, 0) is 31.4 Å². The van der Waals surface area contributed by atoms with Gasteiger partial charge in [-0.3, -0.25) is 4.79 Å². The summed E-state index contributed by atoms with van der Waals surface area (Å²) in [5, 5.41) is 4.27. The number of halogens is 1. The van der Waals surface area contributed by atoms with Crippen molar-refractivity contribution in [3.8, 4) is 5.69 Å². The van der Waals surface area contributed by atoms with E-state index in [9.17, 15) is 4.79 Å². The highest BCUT2D eigenvalue weighted by molar-refractivity contribution is 5.85. The van der Waals surface area contributed by atoms with Gasteiger partial charge in [-0.25, -0.2) is 0 Å². The molecular weight excluding hydrogens is 288 g/mol. The zero-order valence-electron chi connectivity index (χ0n) is 11.7. The summed E-state index contributed by atoms with van der Waals surface area (Å²) in [5.41, 5.74) is 7.57. The van der Waals surface area contributed by atoms with Crippen LogP contribution in [0, 0.1) is 0 Å². The highest BCUT2D eigenvalue weighted by atomic mass is 35.5. The lowest BCUT2D eigenvalue weighted by atomic mass is 10.1. The van der Waals surface area contributed by atoms with Gasteiger partial charge in [0.05, 0.1) is 17.6 Å². The fourth-order valence-corrected chi connectivity index (χ4v) is 2.60. The number of hydrogen-bond donors (Lipinski definition) is 1. The lowest BCUT2D eigenvalue weighted by Gasteiger charge is -2.29. The first-order valence-corrected chi connectivity index (χ1v) is 6.95. The molecule has 5 nitrogen and oxygen atoms in total. The molecule has 0 amide bonds. The standard InChI is InChI=1S/C15H18N4O.ClH/c16-14-13(18-9-5-2-6-10-18)11-17-19(15(14)20)12-7-3-1-4-8-12;/h1,3-4,7-8,11H,2,5-6,9-10,16H2;1H. The number of aromatic nitrogens is 2. The molecule has 0 atom stereocenters. The van der Waals surface area contributed by atoms with Crippen LogP contribution in [-0.4, -0.2) is 22.9 Å². The lowest BCUT2D eigenvalue weighted by Crippen LogP contribution is -2.33. The van der Waals surface area contributed by atoms with Crippen LogP contribution < -0.4 is 16.2 Å². The van der Waals surface area contributed by atoms with E-state index in [1.165, 1.54) is 11.1 Å². The second-order valence-electron chi connectivity index (χ2n) is 5.04. The zero-order valence-corrected chi connectivity index (χ0v) is 12.6. The maximum Gasteiger partial charge on any atom is 0.296 e. The normalized spacial score (nSPS) is 14.6. The Bertz CT molecular complexity index is 650. The van der Waals surface area contributed by atoms with E-state index in [0.717, 1.165) is 37.3 Å². The number of hydrogen-bond acceptors (Lipinski definition) is 4. The quantitative estimate of drug-likeness (QED) is 0.924. The SMILES string of the molecule is Cl.Nc1c(N2CCCCC2)cnn(-c2ccccc2)c1=O. The van der Waals surface area contributed by atoms with E-state index in [-0.39, 0.29) is 23.7 Å². The molecule has 0 radical (unpaired) electrons. The minimum atomic E-state index is -0.251.